The van der Waals surface area contributed by atoms with Crippen LogP contribution >= 0.6 is 0 Å². The van der Waals surface area contributed by atoms with Crippen molar-refractivity contribution >= 4 is 39.9 Å². The monoisotopic (exact) mass is 669 g/mol. The van der Waals surface area contributed by atoms with Crippen LogP contribution in [0.4, 0.5) is 4.79 Å². The number of amides is 5. The molecular formula is C34H47N5O7S. The summed E-state index contributed by atoms with van der Waals surface area (Å²) in [5.41, 5.74) is -0.242. The Morgan fingerprint density at radius 1 is 1.19 bits per heavy atom. The number of hydrogen-bond acceptors (Lipinski definition) is 7. The molecule has 3 N–H and O–H groups in total. The molecule has 0 radical (unpaired) electrons. The maximum absolute atomic E-state index is 14.3. The van der Waals surface area contributed by atoms with Gasteiger partial charge >= 0.3 is 6.03 Å². The maximum atomic E-state index is 14.3. The van der Waals surface area contributed by atoms with Gasteiger partial charge in [-0.15, -0.1) is 6.58 Å². The van der Waals surface area contributed by atoms with Crippen molar-refractivity contribution in [3.8, 4) is 0 Å². The quantitative estimate of drug-likeness (QED) is 0.394. The molecule has 0 spiro atoms. The number of fused-ring (bicyclic) bond motifs is 4. The Labute approximate surface area is 277 Å². The first-order valence-corrected chi connectivity index (χ1v) is 17.9. The molecule has 2 saturated carbocycles. The van der Waals surface area contributed by atoms with Gasteiger partial charge in [-0.3, -0.25) is 19.1 Å². The summed E-state index contributed by atoms with van der Waals surface area (Å²) in [7, 11) is -2.17. The van der Waals surface area contributed by atoms with Gasteiger partial charge in [0.05, 0.1) is 18.0 Å². The van der Waals surface area contributed by atoms with Crippen molar-refractivity contribution in [3.05, 3.63) is 54.1 Å². The number of rotatable bonds is 6. The highest BCUT2D eigenvalue weighted by Gasteiger charge is 2.62. The first-order valence-electron chi connectivity index (χ1n) is 16.3. The molecule has 1 aromatic rings. The lowest BCUT2D eigenvalue weighted by Crippen LogP contribution is -2.61. The van der Waals surface area contributed by atoms with E-state index in [1.807, 2.05) is 51.1 Å². The van der Waals surface area contributed by atoms with E-state index in [0.717, 1.165) is 24.0 Å². The normalized spacial score (nSPS) is 29.6. The summed E-state index contributed by atoms with van der Waals surface area (Å²) in [5, 5.41) is 5.10. The lowest BCUT2D eigenvalue weighted by atomic mass is 9.85. The van der Waals surface area contributed by atoms with Gasteiger partial charge in [0, 0.05) is 32.5 Å². The molecule has 256 valence electrons. The predicted octanol–water partition coefficient (Wildman–Crippen LogP) is 2.71. The fourth-order valence-corrected chi connectivity index (χ4v) is 7.61. The number of nitrogens with zero attached hydrogens (tertiary/aromatic N) is 2. The highest BCUT2D eigenvalue weighted by Crippen LogP contribution is 2.45. The first-order chi connectivity index (χ1) is 22.1. The molecule has 2 aliphatic heterocycles. The van der Waals surface area contributed by atoms with Gasteiger partial charge in [-0.05, 0) is 54.7 Å². The predicted molar refractivity (Wildman–Crippen MR) is 177 cm³/mol. The maximum Gasteiger partial charge on any atom is 0.317 e. The van der Waals surface area contributed by atoms with Gasteiger partial charge in [0.1, 0.15) is 17.6 Å². The van der Waals surface area contributed by atoms with E-state index >= 15 is 0 Å². The summed E-state index contributed by atoms with van der Waals surface area (Å²) in [5.74, 6) is -2.32. The van der Waals surface area contributed by atoms with E-state index in [-0.39, 0.29) is 26.0 Å². The molecule has 5 rings (SSSR count). The van der Waals surface area contributed by atoms with Crippen LogP contribution in [0.2, 0.25) is 0 Å². The number of ether oxygens (including phenoxy) is 1. The van der Waals surface area contributed by atoms with Crippen molar-refractivity contribution in [1.29, 1.82) is 0 Å². The Morgan fingerprint density at radius 2 is 1.94 bits per heavy atom. The summed E-state index contributed by atoms with van der Waals surface area (Å²) in [4.78, 5) is 58.0. The third-order valence-corrected chi connectivity index (χ3v) is 11.3. The average molecular weight is 670 g/mol. The van der Waals surface area contributed by atoms with Crippen LogP contribution in [0.15, 0.2) is 43.0 Å². The van der Waals surface area contributed by atoms with E-state index in [1.165, 1.54) is 11.0 Å². The van der Waals surface area contributed by atoms with Gasteiger partial charge < -0.3 is 25.2 Å². The molecule has 2 heterocycles. The van der Waals surface area contributed by atoms with Crippen molar-refractivity contribution in [3.63, 3.8) is 0 Å². The fraction of sp³-hybridized carbons (Fsp3) is 0.588. The van der Waals surface area contributed by atoms with E-state index < -0.39 is 74.1 Å². The Morgan fingerprint density at radius 3 is 2.60 bits per heavy atom. The van der Waals surface area contributed by atoms with Gasteiger partial charge in [-0.25, -0.2) is 13.2 Å². The number of carbonyl (C=O) groups is 4. The molecule has 1 aromatic carbocycles. The Hall–Kier alpha value is -3.71. The largest absolute Gasteiger partial charge is 0.372 e. The van der Waals surface area contributed by atoms with Crippen LogP contribution < -0.4 is 15.4 Å². The molecule has 1 saturated heterocycles. The number of sulfonamides is 1. The number of benzene rings is 1. The summed E-state index contributed by atoms with van der Waals surface area (Å²) in [6.07, 6.45) is 7.92. The van der Waals surface area contributed by atoms with Crippen molar-refractivity contribution in [2.75, 3.05) is 20.1 Å². The van der Waals surface area contributed by atoms with Crippen molar-refractivity contribution in [2.24, 2.45) is 11.3 Å². The first kappa shape index (κ1) is 34.6. The van der Waals surface area contributed by atoms with Crippen molar-refractivity contribution < 1.29 is 32.3 Å². The van der Waals surface area contributed by atoms with E-state index in [4.69, 9.17) is 4.74 Å². The SMILES string of the molecule is C=C[C@H]1C[C@]1(NC(=O)[C@@H]1C[C@@H]2CN1C(=O)[C@H](C(C)(C)C)NC(=O)N(C)CCC/C=C/c1cccc(c1)CO2)C(=O)NS(=O)(=O)C1CC1. The zero-order valence-corrected chi connectivity index (χ0v) is 28.5. The summed E-state index contributed by atoms with van der Waals surface area (Å²) in [6.45, 7) is 10.1. The molecular weight excluding hydrogens is 622 g/mol. The molecule has 0 unspecified atom stereocenters. The second kappa shape index (κ2) is 13.4. The van der Waals surface area contributed by atoms with Crippen LogP contribution in [0.5, 0.6) is 0 Å². The summed E-state index contributed by atoms with van der Waals surface area (Å²) >= 11 is 0. The van der Waals surface area contributed by atoms with Gasteiger partial charge in [0.15, 0.2) is 0 Å². The van der Waals surface area contributed by atoms with Gasteiger partial charge in [-0.1, -0.05) is 57.2 Å². The number of carbonyl (C=O) groups excluding carboxylic acids is 4. The zero-order chi connectivity index (χ0) is 34.1. The average Bonchev–Trinajstić information content (AvgIpc) is 3.94. The minimum Gasteiger partial charge on any atom is -0.372 e. The van der Waals surface area contributed by atoms with Crippen LogP contribution in [0.1, 0.15) is 70.4 Å². The molecule has 4 aliphatic rings. The molecule has 3 fully saturated rings. The Kier molecular flexibility index (Phi) is 9.89. The number of urea groups is 1. The van der Waals surface area contributed by atoms with Gasteiger partial charge in [0.25, 0.3) is 5.91 Å². The molecule has 47 heavy (non-hydrogen) atoms. The van der Waals surface area contributed by atoms with E-state index in [2.05, 4.69) is 28.0 Å². The standard InChI is InChI=1S/C34H47N5O7S/c1-6-24-19-34(24,31(42)37-47(44,45)26-14-15-26)36-29(40)27-18-25-20-39(27)30(41)28(33(2,3)4)35-32(43)38(5)16-9-7-8-11-22-12-10-13-23(17-22)21-46-25/h6,8,10-13,17,24-28H,1,7,9,14-16,18-21H2,2-5H3,(H,35,43)(H,36,40)(H,37,42)/b11-8+/t24-,25+,27-,28+,34+/m0/s1. The van der Waals surface area contributed by atoms with Crippen LogP contribution in [0, 0.1) is 11.3 Å². The lowest BCUT2D eigenvalue weighted by Gasteiger charge is -2.36. The van der Waals surface area contributed by atoms with Gasteiger partial charge in [0.2, 0.25) is 21.8 Å². The molecule has 5 atom stereocenters. The highest BCUT2D eigenvalue weighted by atomic mass is 32.2. The molecule has 5 amide bonds. The van der Waals surface area contributed by atoms with E-state index in [9.17, 15) is 27.6 Å². The fourth-order valence-electron chi connectivity index (χ4n) is 6.25. The van der Waals surface area contributed by atoms with Crippen molar-refractivity contribution in [1.82, 2.24) is 25.2 Å². The zero-order valence-electron chi connectivity index (χ0n) is 27.7. The van der Waals surface area contributed by atoms with Crippen molar-refractivity contribution in [2.45, 2.75) is 94.9 Å². The third-order valence-electron chi connectivity index (χ3n) is 9.44. The number of nitrogens with one attached hydrogen (secondary N) is 3. The molecule has 0 aromatic heterocycles. The highest BCUT2D eigenvalue weighted by molar-refractivity contribution is 7.91. The van der Waals surface area contributed by atoms with E-state index in [1.54, 1.807) is 11.9 Å². The minimum atomic E-state index is -3.85. The summed E-state index contributed by atoms with van der Waals surface area (Å²) in [6, 6.07) is 5.53. The minimum absolute atomic E-state index is 0.0922. The summed E-state index contributed by atoms with van der Waals surface area (Å²) < 4.78 is 33.6. The second-order valence-electron chi connectivity index (χ2n) is 14.3. The molecule has 13 heteroatoms. The van der Waals surface area contributed by atoms with Crippen LogP contribution in [0.3, 0.4) is 0 Å². The molecule has 2 aliphatic carbocycles. The van der Waals surface area contributed by atoms with Gasteiger partial charge in [-0.2, -0.15) is 0 Å². The number of allylic oxidation sites excluding steroid dienone is 1. The smallest absolute Gasteiger partial charge is 0.317 e. The molecule has 12 nitrogen and oxygen atoms in total. The lowest BCUT2D eigenvalue weighted by molar-refractivity contribution is -0.142. The second-order valence-corrected chi connectivity index (χ2v) is 16.3. The van der Waals surface area contributed by atoms with Crippen LogP contribution in [-0.4, -0.2) is 91.1 Å². The van der Waals surface area contributed by atoms with E-state index in [0.29, 0.717) is 19.4 Å². The van der Waals surface area contributed by atoms with Crippen LogP contribution in [0.25, 0.3) is 6.08 Å². The Balaban J connectivity index is 1.43. The third kappa shape index (κ3) is 7.89. The van der Waals surface area contributed by atoms with Crippen LogP contribution in [-0.2, 0) is 35.8 Å². The number of hydrogen-bond donors (Lipinski definition) is 3. The Bertz CT molecular complexity index is 1550. The molecule has 4 bridgehead atoms. The topological polar surface area (TPSA) is 154 Å².